The van der Waals surface area contributed by atoms with Gasteiger partial charge in [0.05, 0.1) is 18.8 Å². The largest absolute Gasteiger partial charge is 0.505 e. The molecule has 1 aliphatic heterocycles. The Balaban J connectivity index is 1.61. The molecule has 0 amide bonds. The summed E-state index contributed by atoms with van der Waals surface area (Å²) in [6.45, 7) is 5.52. The molecule has 0 spiro atoms. The van der Waals surface area contributed by atoms with Gasteiger partial charge in [0.1, 0.15) is 5.75 Å². The zero-order chi connectivity index (χ0) is 18.4. The van der Waals surface area contributed by atoms with E-state index >= 15 is 0 Å². The number of benzene rings is 1. The van der Waals surface area contributed by atoms with Crippen LogP contribution in [0.1, 0.15) is 47.2 Å². The lowest BCUT2D eigenvalue weighted by Gasteiger charge is -2.26. The summed E-state index contributed by atoms with van der Waals surface area (Å²) in [4.78, 5) is 11.0. The van der Waals surface area contributed by atoms with Crippen LogP contribution in [-0.2, 0) is 19.7 Å². The van der Waals surface area contributed by atoms with Gasteiger partial charge in [-0.1, -0.05) is 30.7 Å². The number of aryl methyl sites for hydroxylation is 1. The first-order chi connectivity index (χ1) is 12.7. The number of aromatic hydroxyl groups is 1. The number of hydrogen-bond donors (Lipinski definition) is 2. The number of piperidine rings is 1. The van der Waals surface area contributed by atoms with Gasteiger partial charge >= 0.3 is 0 Å². The first kappa shape index (κ1) is 18.5. The van der Waals surface area contributed by atoms with Gasteiger partial charge in [-0.3, -0.25) is 14.9 Å². The normalized spacial score (nSPS) is 15.6. The van der Waals surface area contributed by atoms with E-state index in [4.69, 9.17) is 0 Å². The maximum atomic E-state index is 10.1. The minimum atomic E-state index is -0.173. The molecule has 0 unspecified atom stereocenters. The van der Waals surface area contributed by atoms with Crippen LogP contribution in [0, 0.1) is 6.92 Å². The van der Waals surface area contributed by atoms with Crippen LogP contribution in [0.3, 0.4) is 0 Å². The summed E-state index contributed by atoms with van der Waals surface area (Å²) in [6, 6.07) is 8.57. The van der Waals surface area contributed by atoms with Crippen molar-refractivity contribution in [1.82, 2.24) is 9.88 Å². The molecule has 0 aliphatic carbocycles. The first-order valence-corrected chi connectivity index (χ1v) is 9.25. The Morgan fingerprint density at radius 3 is 2.50 bits per heavy atom. The molecule has 1 aliphatic rings. The van der Waals surface area contributed by atoms with Gasteiger partial charge in [-0.05, 0) is 44.0 Å². The second-order valence-corrected chi connectivity index (χ2v) is 6.91. The van der Waals surface area contributed by atoms with E-state index < -0.39 is 0 Å². The molecular weight excluding hydrogens is 326 g/mol. The van der Waals surface area contributed by atoms with Crippen molar-refractivity contribution < 1.29 is 10.2 Å². The summed E-state index contributed by atoms with van der Waals surface area (Å²) in [5.41, 5.74) is 4.12. The second-order valence-electron chi connectivity index (χ2n) is 6.91. The van der Waals surface area contributed by atoms with E-state index in [9.17, 15) is 10.2 Å². The number of aromatic nitrogens is 1. The number of likely N-dealkylation sites (tertiary alicyclic amines) is 1. The lowest BCUT2D eigenvalue weighted by Crippen LogP contribution is -2.29. The number of aliphatic hydroxyl groups is 1. The van der Waals surface area contributed by atoms with E-state index in [1.165, 1.54) is 37.9 Å². The molecule has 2 N–H and O–H groups in total. The second kappa shape index (κ2) is 8.92. The number of aliphatic hydroxyl groups excluding tert-OH is 1. The monoisotopic (exact) mass is 353 g/mol. The highest BCUT2D eigenvalue weighted by Gasteiger charge is 2.10. The van der Waals surface area contributed by atoms with E-state index in [-0.39, 0.29) is 12.4 Å². The van der Waals surface area contributed by atoms with Crippen molar-refractivity contribution in [3.8, 4) is 5.75 Å². The third-order valence-corrected chi connectivity index (χ3v) is 4.90. The minimum Gasteiger partial charge on any atom is -0.505 e. The average molecular weight is 353 g/mol. The lowest BCUT2D eigenvalue weighted by molar-refractivity contribution is 0.221. The molecule has 1 aromatic carbocycles. The SMILES string of the molecule is Cc1ncc(CO)c(C=NCc2ccc(CN3CCCCC3)cc2)c1O. The number of aliphatic imine (C=N–C) groups is 1. The maximum Gasteiger partial charge on any atom is 0.145 e. The number of pyridine rings is 1. The molecular formula is C21H27N3O2. The molecule has 1 aromatic heterocycles. The summed E-state index contributed by atoms with van der Waals surface area (Å²) in [5.74, 6) is 0.0807. The molecule has 0 bridgehead atoms. The molecule has 5 nitrogen and oxygen atoms in total. The fourth-order valence-corrected chi connectivity index (χ4v) is 3.29. The van der Waals surface area contributed by atoms with E-state index in [1.807, 2.05) is 0 Å². The molecule has 5 heteroatoms. The molecule has 2 heterocycles. The van der Waals surface area contributed by atoms with Crippen LogP contribution in [0.25, 0.3) is 0 Å². The zero-order valence-corrected chi connectivity index (χ0v) is 15.4. The van der Waals surface area contributed by atoms with Crippen LogP contribution < -0.4 is 0 Å². The predicted molar refractivity (Wildman–Crippen MR) is 103 cm³/mol. The predicted octanol–water partition coefficient (Wildman–Crippen LogP) is 3.19. The summed E-state index contributed by atoms with van der Waals surface area (Å²) < 4.78 is 0. The number of nitrogens with zero attached hydrogens (tertiary/aromatic N) is 3. The highest BCUT2D eigenvalue weighted by atomic mass is 16.3. The van der Waals surface area contributed by atoms with Gasteiger partial charge in [0.15, 0.2) is 0 Å². The summed E-state index contributed by atoms with van der Waals surface area (Å²) in [7, 11) is 0. The number of hydrogen-bond acceptors (Lipinski definition) is 5. The zero-order valence-electron chi connectivity index (χ0n) is 15.4. The van der Waals surface area contributed by atoms with Crippen molar-refractivity contribution in [2.45, 2.75) is 45.9 Å². The molecule has 26 heavy (non-hydrogen) atoms. The third-order valence-electron chi connectivity index (χ3n) is 4.90. The Hall–Kier alpha value is -2.24. The van der Waals surface area contributed by atoms with Gasteiger partial charge in [0, 0.05) is 30.1 Å². The van der Waals surface area contributed by atoms with Crippen LogP contribution in [0.15, 0.2) is 35.5 Å². The standard InChI is InChI=1S/C21H27N3O2/c1-16-21(26)20(19(15-25)12-23-16)13-22-11-17-5-7-18(8-6-17)14-24-9-3-2-4-10-24/h5-8,12-13,25-26H,2-4,9-11,14-15H2,1H3. The molecule has 1 fully saturated rings. The Kier molecular flexibility index (Phi) is 6.36. The molecule has 3 rings (SSSR count). The van der Waals surface area contributed by atoms with Gasteiger partial charge in [-0.25, -0.2) is 0 Å². The quantitative estimate of drug-likeness (QED) is 0.783. The summed E-state index contributed by atoms with van der Waals surface area (Å²) >= 11 is 0. The molecule has 0 radical (unpaired) electrons. The molecule has 0 saturated carbocycles. The topological polar surface area (TPSA) is 69.0 Å². The molecule has 2 aromatic rings. The van der Waals surface area contributed by atoms with E-state index in [0.717, 1.165) is 12.1 Å². The van der Waals surface area contributed by atoms with Crippen molar-refractivity contribution in [3.05, 3.63) is 58.4 Å². The van der Waals surface area contributed by atoms with Crippen LogP contribution in [-0.4, -0.2) is 39.4 Å². The summed E-state index contributed by atoms with van der Waals surface area (Å²) in [6.07, 6.45) is 7.18. The van der Waals surface area contributed by atoms with Crippen LogP contribution in [0.2, 0.25) is 0 Å². The van der Waals surface area contributed by atoms with Crippen molar-refractivity contribution in [3.63, 3.8) is 0 Å². The Morgan fingerprint density at radius 2 is 1.81 bits per heavy atom. The highest BCUT2D eigenvalue weighted by Crippen LogP contribution is 2.22. The first-order valence-electron chi connectivity index (χ1n) is 9.25. The summed E-state index contributed by atoms with van der Waals surface area (Å²) in [5, 5.41) is 19.5. The Morgan fingerprint density at radius 1 is 1.12 bits per heavy atom. The van der Waals surface area contributed by atoms with Crippen LogP contribution >= 0.6 is 0 Å². The third kappa shape index (κ3) is 4.68. The Labute approximate surface area is 155 Å². The fourth-order valence-electron chi connectivity index (χ4n) is 3.29. The fraction of sp³-hybridized carbons (Fsp3) is 0.429. The lowest BCUT2D eigenvalue weighted by atomic mass is 10.1. The van der Waals surface area contributed by atoms with Gasteiger partial charge in [0.25, 0.3) is 0 Å². The maximum absolute atomic E-state index is 10.1. The minimum absolute atomic E-state index is 0.0807. The molecule has 0 atom stereocenters. The smallest absolute Gasteiger partial charge is 0.145 e. The van der Waals surface area contributed by atoms with Crippen LogP contribution in [0.4, 0.5) is 0 Å². The van der Waals surface area contributed by atoms with Gasteiger partial charge in [-0.15, -0.1) is 0 Å². The highest BCUT2D eigenvalue weighted by molar-refractivity contribution is 5.85. The van der Waals surface area contributed by atoms with Crippen LogP contribution in [0.5, 0.6) is 5.75 Å². The van der Waals surface area contributed by atoms with E-state index in [2.05, 4.69) is 39.1 Å². The Bertz CT molecular complexity index is 751. The van der Waals surface area contributed by atoms with Crippen molar-refractivity contribution in [2.75, 3.05) is 13.1 Å². The van der Waals surface area contributed by atoms with Crippen molar-refractivity contribution in [2.24, 2.45) is 4.99 Å². The van der Waals surface area contributed by atoms with Gasteiger partial charge in [0.2, 0.25) is 0 Å². The van der Waals surface area contributed by atoms with Crippen molar-refractivity contribution >= 4 is 6.21 Å². The molecule has 138 valence electrons. The van der Waals surface area contributed by atoms with Crippen molar-refractivity contribution in [1.29, 1.82) is 0 Å². The van der Waals surface area contributed by atoms with E-state index in [0.29, 0.717) is 23.4 Å². The molecule has 1 saturated heterocycles. The van der Waals surface area contributed by atoms with Gasteiger partial charge in [-0.2, -0.15) is 0 Å². The van der Waals surface area contributed by atoms with E-state index in [1.54, 1.807) is 19.3 Å². The number of rotatable bonds is 6. The average Bonchev–Trinajstić information content (AvgIpc) is 2.67. The van der Waals surface area contributed by atoms with Gasteiger partial charge < -0.3 is 10.2 Å².